The highest BCUT2D eigenvalue weighted by Crippen LogP contribution is 2.26. The van der Waals surface area contributed by atoms with Gasteiger partial charge in [0.15, 0.2) is 0 Å². The Bertz CT molecular complexity index is 685. The highest BCUT2D eigenvalue weighted by Gasteiger charge is 2.19. The van der Waals surface area contributed by atoms with Crippen LogP contribution in [0.25, 0.3) is 11.5 Å². The van der Waals surface area contributed by atoms with Crippen LogP contribution in [0.15, 0.2) is 28.7 Å². The second-order valence-corrected chi connectivity index (χ2v) is 5.92. The van der Waals surface area contributed by atoms with Gasteiger partial charge in [-0.15, -0.1) is 5.10 Å². The van der Waals surface area contributed by atoms with Crippen LogP contribution in [-0.2, 0) is 6.67 Å². The Labute approximate surface area is 132 Å². The van der Waals surface area contributed by atoms with E-state index in [-0.39, 0.29) is 6.10 Å². The molecule has 0 bridgehead atoms. The molecule has 1 aliphatic rings. The zero-order chi connectivity index (χ0) is 14.8. The number of hydrogen-bond acceptors (Lipinski definition) is 5. The Morgan fingerprint density at radius 1 is 1.43 bits per heavy atom. The minimum absolute atomic E-state index is 0.275. The van der Waals surface area contributed by atoms with Crippen LogP contribution >= 0.6 is 23.8 Å². The van der Waals surface area contributed by atoms with E-state index in [0.717, 1.165) is 24.9 Å². The van der Waals surface area contributed by atoms with Crippen LogP contribution in [0.4, 0.5) is 0 Å². The molecule has 112 valence electrons. The topological polar surface area (TPSA) is 54.4 Å². The standard InChI is InChI=1S/C14H16ClN3O2S/c15-12-6-2-1-5-11(12)13-16-18(14(21)20-13)9-17-7-3-4-10(19)8-17/h1-2,5-6,10,19H,3-4,7-9H2/t10-/m0/s1. The van der Waals surface area contributed by atoms with Gasteiger partial charge in [-0.05, 0) is 37.2 Å². The summed E-state index contributed by atoms with van der Waals surface area (Å²) < 4.78 is 7.17. The fourth-order valence-corrected chi connectivity index (χ4v) is 2.88. The van der Waals surface area contributed by atoms with E-state index >= 15 is 0 Å². The number of aliphatic hydroxyl groups excluding tert-OH is 1. The number of aliphatic hydroxyl groups is 1. The number of β-amino-alcohol motifs (C(OH)–C–C–N with tert-alkyl or cyclic N) is 1. The summed E-state index contributed by atoms with van der Waals surface area (Å²) in [6, 6.07) is 7.36. The predicted molar refractivity (Wildman–Crippen MR) is 82.6 cm³/mol. The Balaban J connectivity index is 1.82. The largest absolute Gasteiger partial charge is 0.409 e. The number of aromatic nitrogens is 2. The van der Waals surface area contributed by atoms with Crippen molar-refractivity contribution in [3.05, 3.63) is 34.1 Å². The molecule has 2 heterocycles. The summed E-state index contributed by atoms with van der Waals surface area (Å²) in [6.07, 6.45) is 1.55. The van der Waals surface area contributed by atoms with Crippen LogP contribution in [-0.4, -0.2) is 39.0 Å². The van der Waals surface area contributed by atoms with Gasteiger partial charge in [-0.25, -0.2) is 4.68 Å². The smallest absolute Gasteiger partial charge is 0.288 e. The zero-order valence-corrected chi connectivity index (χ0v) is 13.0. The maximum Gasteiger partial charge on any atom is 0.288 e. The molecule has 1 N–H and O–H groups in total. The van der Waals surface area contributed by atoms with Gasteiger partial charge in [0.1, 0.15) is 0 Å². The molecule has 3 rings (SSSR count). The minimum Gasteiger partial charge on any atom is -0.409 e. The molecule has 5 nitrogen and oxygen atoms in total. The van der Waals surface area contributed by atoms with Crippen molar-refractivity contribution in [3.8, 4) is 11.5 Å². The van der Waals surface area contributed by atoms with Crippen molar-refractivity contribution in [1.29, 1.82) is 0 Å². The number of nitrogens with zero attached hydrogens (tertiary/aromatic N) is 3. The third kappa shape index (κ3) is 3.35. The van der Waals surface area contributed by atoms with Gasteiger partial charge in [0, 0.05) is 13.1 Å². The minimum atomic E-state index is -0.275. The molecule has 2 aromatic rings. The molecule has 0 aliphatic carbocycles. The molecule has 0 radical (unpaired) electrons. The van der Waals surface area contributed by atoms with Crippen LogP contribution in [0.2, 0.25) is 5.02 Å². The first-order valence-corrected chi connectivity index (χ1v) is 7.65. The van der Waals surface area contributed by atoms with Gasteiger partial charge >= 0.3 is 0 Å². The fraction of sp³-hybridized carbons (Fsp3) is 0.429. The summed E-state index contributed by atoms with van der Waals surface area (Å²) in [6.45, 7) is 2.08. The van der Waals surface area contributed by atoms with Crippen molar-refractivity contribution in [2.75, 3.05) is 13.1 Å². The molecule has 1 saturated heterocycles. The number of benzene rings is 1. The lowest BCUT2D eigenvalue weighted by molar-refractivity contribution is 0.0509. The van der Waals surface area contributed by atoms with E-state index in [4.69, 9.17) is 28.2 Å². The highest BCUT2D eigenvalue weighted by molar-refractivity contribution is 7.71. The van der Waals surface area contributed by atoms with E-state index in [1.165, 1.54) is 0 Å². The number of likely N-dealkylation sites (tertiary alicyclic amines) is 1. The summed E-state index contributed by atoms with van der Waals surface area (Å²) in [4.78, 5) is 2.42. The van der Waals surface area contributed by atoms with Crippen molar-refractivity contribution < 1.29 is 9.52 Å². The van der Waals surface area contributed by atoms with Gasteiger partial charge in [-0.1, -0.05) is 23.7 Å². The lowest BCUT2D eigenvalue weighted by atomic mass is 10.1. The summed E-state index contributed by atoms with van der Waals surface area (Å²) in [5.41, 5.74) is 0.725. The van der Waals surface area contributed by atoms with Crippen molar-refractivity contribution in [1.82, 2.24) is 14.7 Å². The van der Waals surface area contributed by atoms with Crippen molar-refractivity contribution in [3.63, 3.8) is 0 Å². The third-order valence-electron chi connectivity index (χ3n) is 3.53. The zero-order valence-electron chi connectivity index (χ0n) is 11.4. The van der Waals surface area contributed by atoms with Gasteiger partial charge in [0.05, 0.1) is 23.4 Å². The van der Waals surface area contributed by atoms with Gasteiger partial charge in [-0.2, -0.15) is 0 Å². The lowest BCUT2D eigenvalue weighted by Crippen LogP contribution is -2.39. The van der Waals surface area contributed by atoms with E-state index in [1.807, 2.05) is 18.2 Å². The molecular weight excluding hydrogens is 310 g/mol. The van der Waals surface area contributed by atoms with Crippen LogP contribution < -0.4 is 0 Å². The van der Waals surface area contributed by atoms with Gasteiger partial charge in [-0.3, -0.25) is 4.90 Å². The Morgan fingerprint density at radius 3 is 3.00 bits per heavy atom. The molecule has 0 unspecified atom stereocenters. The molecule has 1 aromatic carbocycles. The summed E-state index contributed by atoms with van der Waals surface area (Å²) in [7, 11) is 0. The van der Waals surface area contributed by atoms with Gasteiger partial charge in [0.2, 0.25) is 5.89 Å². The molecule has 0 amide bonds. The summed E-state index contributed by atoms with van der Waals surface area (Å²) in [5, 5.41) is 14.7. The third-order valence-corrected chi connectivity index (χ3v) is 4.15. The van der Waals surface area contributed by atoms with Crippen LogP contribution in [0.1, 0.15) is 12.8 Å². The van der Waals surface area contributed by atoms with E-state index in [1.54, 1.807) is 10.7 Å². The average molecular weight is 326 g/mol. The maximum atomic E-state index is 9.71. The van der Waals surface area contributed by atoms with Crippen LogP contribution in [0, 0.1) is 4.84 Å². The van der Waals surface area contributed by atoms with Gasteiger partial charge < -0.3 is 9.52 Å². The average Bonchev–Trinajstić information content (AvgIpc) is 2.80. The van der Waals surface area contributed by atoms with E-state index in [9.17, 15) is 5.11 Å². The molecule has 1 atom stereocenters. The van der Waals surface area contributed by atoms with E-state index in [0.29, 0.717) is 29.0 Å². The van der Waals surface area contributed by atoms with Gasteiger partial charge in [0.25, 0.3) is 4.84 Å². The van der Waals surface area contributed by atoms with E-state index < -0.39 is 0 Å². The monoisotopic (exact) mass is 325 g/mol. The fourth-order valence-electron chi connectivity index (χ4n) is 2.49. The number of rotatable bonds is 3. The normalized spacial score (nSPS) is 19.8. The molecule has 21 heavy (non-hydrogen) atoms. The Morgan fingerprint density at radius 2 is 2.24 bits per heavy atom. The molecule has 1 fully saturated rings. The number of hydrogen-bond donors (Lipinski definition) is 1. The molecule has 0 spiro atoms. The first kappa shape index (κ1) is 14.7. The first-order chi connectivity index (χ1) is 10.1. The molecule has 0 saturated carbocycles. The Kier molecular flexibility index (Phi) is 4.40. The molecule has 1 aliphatic heterocycles. The first-order valence-electron chi connectivity index (χ1n) is 6.87. The van der Waals surface area contributed by atoms with Crippen molar-refractivity contribution in [2.24, 2.45) is 0 Å². The van der Waals surface area contributed by atoms with Crippen molar-refractivity contribution >= 4 is 23.8 Å². The molecule has 7 heteroatoms. The summed E-state index contributed by atoms with van der Waals surface area (Å²) in [5.74, 6) is 0.420. The van der Waals surface area contributed by atoms with Crippen LogP contribution in [0.5, 0.6) is 0 Å². The van der Waals surface area contributed by atoms with E-state index in [2.05, 4.69) is 10.00 Å². The second-order valence-electron chi connectivity index (χ2n) is 5.17. The summed E-state index contributed by atoms with van der Waals surface area (Å²) >= 11 is 11.4. The molecule has 1 aromatic heterocycles. The highest BCUT2D eigenvalue weighted by atomic mass is 35.5. The predicted octanol–water partition coefficient (Wildman–Crippen LogP) is 2.94. The van der Waals surface area contributed by atoms with Crippen molar-refractivity contribution in [2.45, 2.75) is 25.6 Å². The lowest BCUT2D eigenvalue weighted by Gasteiger charge is -2.29. The quantitative estimate of drug-likeness (QED) is 0.879. The van der Waals surface area contributed by atoms with Crippen LogP contribution in [0.3, 0.4) is 0 Å². The molecular formula is C14H16ClN3O2S. The SMILES string of the molecule is O[C@H]1CCCN(Cn2nc(-c3ccccc3Cl)oc2=S)C1. The number of piperidine rings is 1. The maximum absolute atomic E-state index is 9.71. The Hall–Kier alpha value is -1.21. The number of halogens is 1. The second kappa shape index (κ2) is 6.27.